The number of ether oxygens (including phenoxy) is 1. The van der Waals surface area contributed by atoms with Gasteiger partial charge in [0.2, 0.25) is 11.7 Å². The van der Waals surface area contributed by atoms with E-state index in [9.17, 15) is 22.8 Å². The van der Waals surface area contributed by atoms with Crippen LogP contribution in [0.1, 0.15) is 31.0 Å². The molecule has 1 saturated heterocycles. The van der Waals surface area contributed by atoms with Crippen LogP contribution in [0.2, 0.25) is 5.02 Å². The number of halogens is 4. The van der Waals surface area contributed by atoms with E-state index < -0.39 is 17.6 Å². The quantitative estimate of drug-likeness (QED) is 0.303. The summed E-state index contributed by atoms with van der Waals surface area (Å²) < 4.78 is 48.0. The number of piperazine rings is 1. The first-order valence-corrected chi connectivity index (χ1v) is 14.4. The van der Waals surface area contributed by atoms with E-state index in [-0.39, 0.29) is 34.7 Å². The lowest BCUT2D eigenvalue weighted by Crippen LogP contribution is -2.47. The minimum Gasteiger partial charge on any atom is -0.490 e. The molecule has 0 unspecified atom stereocenters. The summed E-state index contributed by atoms with van der Waals surface area (Å²) in [7, 11) is 0. The Kier molecular flexibility index (Phi) is 7.77. The van der Waals surface area contributed by atoms with Crippen LogP contribution < -0.4 is 25.8 Å². The molecule has 3 heterocycles. The molecule has 0 spiro atoms. The normalized spacial score (nSPS) is 15.6. The van der Waals surface area contributed by atoms with Crippen LogP contribution in [-0.4, -0.2) is 57.4 Å². The van der Waals surface area contributed by atoms with Crippen LogP contribution in [-0.2, 0) is 23.9 Å². The Hall–Kier alpha value is -4.10. The topological polar surface area (TPSA) is 106 Å². The SMILES string of the molecule is CCc1c(N2CCNCC2)c(=O)n2nc(-c3ccc(OC4CC4)cc3)nc2n1CC(=O)Nc1ccc(C(F)(F)F)cc1Cl. The minimum atomic E-state index is -4.57. The molecule has 0 atom stereocenters. The van der Waals surface area contributed by atoms with Crippen molar-refractivity contribution in [2.24, 2.45) is 0 Å². The summed E-state index contributed by atoms with van der Waals surface area (Å²) >= 11 is 6.09. The summed E-state index contributed by atoms with van der Waals surface area (Å²) in [5, 5.41) is 10.2. The lowest BCUT2D eigenvalue weighted by Gasteiger charge is -2.31. The van der Waals surface area contributed by atoms with Crippen LogP contribution >= 0.6 is 11.6 Å². The van der Waals surface area contributed by atoms with Crippen molar-refractivity contribution in [3.8, 4) is 17.1 Å². The number of carbonyl (C=O) groups is 1. The highest BCUT2D eigenvalue weighted by molar-refractivity contribution is 6.33. The number of fused-ring (bicyclic) bond motifs is 1. The zero-order valence-electron chi connectivity index (χ0n) is 23.2. The van der Waals surface area contributed by atoms with Crippen molar-refractivity contribution in [3.05, 3.63) is 69.1 Å². The number of hydrogen-bond donors (Lipinski definition) is 2. The van der Waals surface area contributed by atoms with Crippen LogP contribution in [0.15, 0.2) is 47.3 Å². The third-order valence-electron chi connectivity index (χ3n) is 7.41. The fourth-order valence-corrected chi connectivity index (χ4v) is 5.35. The first-order chi connectivity index (χ1) is 20.6. The highest BCUT2D eigenvalue weighted by atomic mass is 35.5. The van der Waals surface area contributed by atoms with Gasteiger partial charge in [-0.1, -0.05) is 18.5 Å². The van der Waals surface area contributed by atoms with Gasteiger partial charge in [0.25, 0.3) is 5.56 Å². The second-order valence-corrected chi connectivity index (χ2v) is 10.9. The molecule has 226 valence electrons. The molecule has 0 bridgehead atoms. The molecule has 1 aliphatic carbocycles. The predicted molar refractivity (Wildman–Crippen MR) is 156 cm³/mol. The van der Waals surface area contributed by atoms with Crippen molar-refractivity contribution in [1.29, 1.82) is 0 Å². The average Bonchev–Trinajstić information content (AvgIpc) is 3.69. The molecule has 43 heavy (non-hydrogen) atoms. The molecule has 14 heteroatoms. The lowest BCUT2D eigenvalue weighted by molar-refractivity contribution is -0.137. The highest BCUT2D eigenvalue weighted by Crippen LogP contribution is 2.34. The minimum absolute atomic E-state index is 0.0350. The zero-order chi connectivity index (χ0) is 30.3. The Labute approximate surface area is 249 Å². The number of amides is 1. The number of aromatic nitrogens is 4. The van der Waals surface area contributed by atoms with Crippen LogP contribution in [0.3, 0.4) is 0 Å². The van der Waals surface area contributed by atoms with Crippen molar-refractivity contribution in [1.82, 2.24) is 24.5 Å². The van der Waals surface area contributed by atoms with Crippen molar-refractivity contribution < 1.29 is 22.7 Å². The van der Waals surface area contributed by atoms with Crippen molar-refractivity contribution in [2.75, 3.05) is 36.4 Å². The molecule has 1 saturated carbocycles. The molecule has 2 aromatic carbocycles. The molecule has 2 aromatic heterocycles. The van der Waals surface area contributed by atoms with E-state index in [1.54, 1.807) is 4.57 Å². The Morgan fingerprint density at radius 1 is 1.14 bits per heavy atom. The Morgan fingerprint density at radius 2 is 1.86 bits per heavy atom. The van der Waals surface area contributed by atoms with Gasteiger partial charge in [-0.25, -0.2) is 0 Å². The molecule has 10 nitrogen and oxygen atoms in total. The molecule has 2 aliphatic rings. The van der Waals surface area contributed by atoms with E-state index in [0.29, 0.717) is 55.4 Å². The molecule has 1 amide bonds. The second-order valence-electron chi connectivity index (χ2n) is 10.5. The largest absolute Gasteiger partial charge is 0.490 e. The smallest absolute Gasteiger partial charge is 0.416 e. The van der Waals surface area contributed by atoms with E-state index >= 15 is 0 Å². The maximum absolute atomic E-state index is 13.9. The summed E-state index contributed by atoms with van der Waals surface area (Å²) in [5.74, 6) is 0.652. The van der Waals surface area contributed by atoms with Crippen molar-refractivity contribution >= 4 is 34.7 Å². The van der Waals surface area contributed by atoms with Gasteiger partial charge in [0, 0.05) is 31.7 Å². The van der Waals surface area contributed by atoms with Gasteiger partial charge in [0.1, 0.15) is 18.0 Å². The van der Waals surface area contributed by atoms with Gasteiger partial charge < -0.3 is 24.8 Å². The van der Waals surface area contributed by atoms with E-state index in [2.05, 4.69) is 20.7 Å². The molecule has 4 aromatic rings. The highest BCUT2D eigenvalue weighted by Gasteiger charge is 2.31. The van der Waals surface area contributed by atoms with Gasteiger partial charge in [0.15, 0.2) is 5.82 Å². The molecule has 1 aliphatic heterocycles. The predicted octanol–water partition coefficient (Wildman–Crippen LogP) is 4.38. The van der Waals surface area contributed by atoms with Gasteiger partial charge in [-0.05, 0) is 61.7 Å². The number of benzene rings is 2. The number of nitrogens with one attached hydrogen (secondary N) is 2. The van der Waals surface area contributed by atoms with E-state index in [0.717, 1.165) is 36.8 Å². The average molecular weight is 616 g/mol. The molecular weight excluding hydrogens is 587 g/mol. The zero-order valence-corrected chi connectivity index (χ0v) is 24.0. The number of nitrogens with zero attached hydrogens (tertiary/aromatic N) is 5. The third kappa shape index (κ3) is 6.04. The molecule has 0 radical (unpaired) electrons. The summed E-state index contributed by atoms with van der Waals surface area (Å²) in [6, 6.07) is 10.0. The molecule has 2 N–H and O–H groups in total. The second kappa shape index (κ2) is 11.5. The number of carbonyl (C=O) groups excluding carboxylic acids is 1. The molecular formula is C29H29ClF3N7O3. The van der Waals surface area contributed by atoms with Crippen molar-refractivity contribution in [2.45, 2.75) is 45.0 Å². The van der Waals surface area contributed by atoms with Crippen LogP contribution in [0.25, 0.3) is 17.2 Å². The van der Waals surface area contributed by atoms with Gasteiger partial charge in [-0.3, -0.25) is 9.59 Å². The standard InChI is InChI=1S/C29H29ClF3N7O3/c1-2-23-25(38-13-11-34-12-14-38)27(42)40-28(36-26(37-40)17-3-6-19(7-4-17)43-20-8-9-20)39(23)16-24(41)35-22-10-5-18(15-21(22)30)29(31,32)33/h3-7,10,15,20,34H,2,8-9,11-14,16H2,1H3,(H,35,41). The number of hydrogen-bond acceptors (Lipinski definition) is 7. The number of rotatable bonds is 8. The Morgan fingerprint density at radius 3 is 2.49 bits per heavy atom. The van der Waals surface area contributed by atoms with Crippen LogP contribution in [0.4, 0.5) is 24.5 Å². The summed E-state index contributed by atoms with van der Waals surface area (Å²) in [6.45, 7) is 4.15. The van der Waals surface area contributed by atoms with E-state index in [4.69, 9.17) is 16.3 Å². The van der Waals surface area contributed by atoms with Crippen molar-refractivity contribution in [3.63, 3.8) is 0 Å². The summed E-state index contributed by atoms with van der Waals surface area (Å²) in [5.41, 5.74) is 0.466. The van der Waals surface area contributed by atoms with Crippen LogP contribution in [0.5, 0.6) is 5.75 Å². The number of anilines is 2. The first kappa shape index (κ1) is 29.0. The maximum atomic E-state index is 13.9. The first-order valence-electron chi connectivity index (χ1n) is 14.0. The van der Waals surface area contributed by atoms with E-state index in [1.807, 2.05) is 36.1 Å². The molecule has 6 rings (SSSR count). The fraction of sp³-hybridized carbons (Fsp3) is 0.379. The van der Waals surface area contributed by atoms with Gasteiger partial charge >= 0.3 is 6.18 Å². The Balaban J connectivity index is 1.39. The van der Waals surface area contributed by atoms with Gasteiger partial charge in [-0.15, -0.1) is 5.10 Å². The maximum Gasteiger partial charge on any atom is 0.416 e. The molecule has 2 fully saturated rings. The summed E-state index contributed by atoms with van der Waals surface area (Å²) in [4.78, 5) is 33.8. The lowest BCUT2D eigenvalue weighted by atomic mass is 10.2. The van der Waals surface area contributed by atoms with Gasteiger partial charge in [-0.2, -0.15) is 22.7 Å². The third-order valence-corrected chi connectivity index (χ3v) is 7.72. The monoisotopic (exact) mass is 615 g/mol. The Bertz CT molecular complexity index is 1730. The van der Waals surface area contributed by atoms with Crippen LogP contribution in [0, 0.1) is 0 Å². The fourth-order valence-electron chi connectivity index (χ4n) is 5.13. The van der Waals surface area contributed by atoms with E-state index in [1.165, 1.54) is 4.52 Å². The number of alkyl halides is 3. The van der Waals surface area contributed by atoms with Gasteiger partial charge in [0.05, 0.1) is 28.1 Å². The summed E-state index contributed by atoms with van der Waals surface area (Å²) in [6.07, 6.45) is -1.83.